The summed E-state index contributed by atoms with van der Waals surface area (Å²) in [4.78, 5) is 11.1. The van der Waals surface area contributed by atoms with E-state index < -0.39 is 0 Å². The first-order valence-electron chi connectivity index (χ1n) is 8.45. The minimum Gasteiger partial charge on any atom is -0.369 e. The molecule has 2 fully saturated rings. The minimum absolute atomic E-state index is 0.532. The van der Waals surface area contributed by atoms with E-state index in [9.17, 15) is 0 Å². The van der Waals surface area contributed by atoms with Crippen molar-refractivity contribution in [2.45, 2.75) is 31.7 Å². The average Bonchev–Trinajstić information content (AvgIpc) is 3.20. The van der Waals surface area contributed by atoms with Gasteiger partial charge in [-0.05, 0) is 43.9 Å². The van der Waals surface area contributed by atoms with Gasteiger partial charge in [-0.15, -0.1) is 0 Å². The van der Waals surface area contributed by atoms with Crippen LogP contribution in [-0.2, 0) is 6.54 Å². The van der Waals surface area contributed by atoms with Gasteiger partial charge in [-0.3, -0.25) is 4.90 Å². The van der Waals surface area contributed by atoms with Crippen LogP contribution in [0.4, 0.5) is 5.82 Å². The van der Waals surface area contributed by atoms with Crippen molar-refractivity contribution in [1.29, 1.82) is 5.26 Å². The second kappa shape index (κ2) is 6.57. The number of nitrogens with one attached hydrogen (secondary N) is 1. The zero-order valence-electron chi connectivity index (χ0n) is 13.5. The highest BCUT2D eigenvalue weighted by Crippen LogP contribution is 2.38. The second-order valence-corrected chi connectivity index (χ2v) is 6.60. The third kappa shape index (κ3) is 3.39. The van der Waals surface area contributed by atoms with Crippen molar-refractivity contribution in [3.8, 4) is 6.07 Å². The quantitative estimate of drug-likeness (QED) is 0.870. The van der Waals surface area contributed by atoms with E-state index >= 15 is 0 Å². The Morgan fingerprint density at radius 2 is 2.29 bits per heavy atom. The summed E-state index contributed by atoms with van der Waals surface area (Å²) in [5.74, 6) is 3.34. The van der Waals surface area contributed by atoms with Crippen LogP contribution in [0.3, 0.4) is 0 Å². The fourth-order valence-electron chi connectivity index (χ4n) is 3.13. The van der Waals surface area contributed by atoms with Crippen LogP contribution < -0.4 is 5.32 Å². The lowest BCUT2D eigenvalue weighted by molar-refractivity contribution is 0.261. The molecule has 0 spiro atoms. The number of nitriles is 1. The predicted octanol–water partition coefficient (Wildman–Crippen LogP) is 2.15. The Hall–Kier alpha value is -2.46. The van der Waals surface area contributed by atoms with Crippen molar-refractivity contribution in [3.05, 3.63) is 35.6 Å². The van der Waals surface area contributed by atoms with Gasteiger partial charge in [-0.25, -0.2) is 4.98 Å². The summed E-state index contributed by atoms with van der Waals surface area (Å²) in [6, 6.07) is 5.73. The second-order valence-electron chi connectivity index (χ2n) is 6.60. The van der Waals surface area contributed by atoms with E-state index in [-0.39, 0.29) is 0 Å². The monoisotopic (exact) mass is 324 g/mol. The summed E-state index contributed by atoms with van der Waals surface area (Å²) in [6.07, 6.45) is 5.20. The van der Waals surface area contributed by atoms with Crippen molar-refractivity contribution in [3.63, 3.8) is 0 Å². The Morgan fingerprint density at radius 1 is 1.38 bits per heavy atom. The molecule has 1 saturated heterocycles. The first kappa shape index (κ1) is 15.1. The maximum atomic E-state index is 9.10. The van der Waals surface area contributed by atoms with E-state index in [0.717, 1.165) is 44.3 Å². The van der Waals surface area contributed by atoms with Crippen LogP contribution in [0.5, 0.6) is 0 Å². The molecular formula is C17H20N6O. The van der Waals surface area contributed by atoms with Gasteiger partial charge in [-0.1, -0.05) is 5.16 Å². The molecule has 2 aromatic heterocycles. The number of rotatable bonds is 6. The summed E-state index contributed by atoms with van der Waals surface area (Å²) in [6.45, 7) is 3.56. The van der Waals surface area contributed by atoms with E-state index in [1.165, 1.54) is 12.8 Å². The van der Waals surface area contributed by atoms with Crippen molar-refractivity contribution in [2.24, 2.45) is 5.92 Å². The summed E-state index contributed by atoms with van der Waals surface area (Å²) in [7, 11) is 0. The molecule has 124 valence electrons. The summed E-state index contributed by atoms with van der Waals surface area (Å²) in [5, 5.41) is 16.5. The highest BCUT2D eigenvalue weighted by molar-refractivity contribution is 5.51. The van der Waals surface area contributed by atoms with E-state index in [1.807, 2.05) is 0 Å². The van der Waals surface area contributed by atoms with E-state index in [1.54, 1.807) is 18.3 Å². The lowest BCUT2D eigenvalue weighted by Gasteiger charge is -2.14. The molecule has 2 aliphatic rings. The fourth-order valence-corrected chi connectivity index (χ4v) is 3.13. The Bertz CT molecular complexity index is 748. The van der Waals surface area contributed by atoms with Crippen LogP contribution in [0.1, 0.15) is 42.5 Å². The van der Waals surface area contributed by atoms with Crippen molar-refractivity contribution < 1.29 is 4.52 Å². The van der Waals surface area contributed by atoms with Crippen molar-refractivity contribution in [1.82, 2.24) is 20.0 Å². The summed E-state index contributed by atoms with van der Waals surface area (Å²) in [5.41, 5.74) is 0.589. The fraction of sp³-hybridized carbons (Fsp3) is 0.529. The molecule has 0 amide bonds. The van der Waals surface area contributed by atoms with E-state index in [0.29, 0.717) is 23.2 Å². The third-order valence-electron chi connectivity index (χ3n) is 4.64. The van der Waals surface area contributed by atoms with Gasteiger partial charge in [0, 0.05) is 25.2 Å². The molecule has 1 aliphatic heterocycles. The molecule has 24 heavy (non-hydrogen) atoms. The number of anilines is 1. The number of pyridine rings is 1. The Labute approximate surface area is 140 Å². The molecule has 0 bridgehead atoms. The maximum absolute atomic E-state index is 9.10. The zero-order valence-corrected chi connectivity index (χ0v) is 13.5. The van der Waals surface area contributed by atoms with Crippen molar-refractivity contribution >= 4 is 5.82 Å². The highest BCUT2D eigenvalue weighted by atomic mass is 16.5. The Morgan fingerprint density at radius 3 is 3.12 bits per heavy atom. The predicted molar refractivity (Wildman–Crippen MR) is 87.1 cm³/mol. The topological polar surface area (TPSA) is 90.9 Å². The molecule has 1 N–H and O–H groups in total. The maximum Gasteiger partial charge on any atom is 0.240 e. The molecule has 7 heteroatoms. The number of likely N-dealkylation sites (tertiary alicyclic amines) is 1. The molecule has 1 atom stereocenters. The molecule has 2 aromatic rings. The van der Waals surface area contributed by atoms with Gasteiger partial charge in [0.25, 0.3) is 0 Å². The Kier molecular flexibility index (Phi) is 4.13. The molecular weight excluding hydrogens is 304 g/mol. The van der Waals surface area contributed by atoms with Crippen LogP contribution in [0.15, 0.2) is 22.9 Å². The lowest BCUT2D eigenvalue weighted by atomic mass is 10.1. The number of aromatic nitrogens is 3. The molecule has 7 nitrogen and oxygen atoms in total. The van der Waals surface area contributed by atoms with Gasteiger partial charge < -0.3 is 9.84 Å². The molecule has 4 rings (SSSR count). The highest BCUT2D eigenvalue weighted by Gasteiger charge is 2.30. The largest absolute Gasteiger partial charge is 0.369 e. The lowest BCUT2D eigenvalue weighted by Crippen LogP contribution is -2.23. The van der Waals surface area contributed by atoms with Gasteiger partial charge in [0.05, 0.1) is 12.1 Å². The summed E-state index contributed by atoms with van der Waals surface area (Å²) < 4.78 is 5.36. The first-order valence-corrected chi connectivity index (χ1v) is 8.45. The van der Waals surface area contributed by atoms with Gasteiger partial charge in [0.2, 0.25) is 5.89 Å². The molecule has 1 saturated carbocycles. The van der Waals surface area contributed by atoms with Crippen LogP contribution in [-0.4, -0.2) is 39.7 Å². The van der Waals surface area contributed by atoms with E-state index in [4.69, 9.17) is 9.78 Å². The van der Waals surface area contributed by atoms with Crippen molar-refractivity contribution in [2.75, 3.05) is 25.0 Å². The summed E-state index contributed by atoms with van der Waals surface area (Å²) >= 11 is 0. The SMILES string of the molecule is N#Cc1cccnc1NC[C@H]1CCN(Cc2nc(C3CC3)no2)C1. The minimum atomic E-state index is 0.532. The standard InChI is InChI=1S/C17H20N6O/c18-8-14-2-1-6-19-16(14)20-9-12-5-7-23(10-12)11-15-21-17(22-24-15)13-3-4-13/h1-2,6,12-13H,3-5,7,9-11H2,(H,19,20)/t12-/m1/s1. The molecule has 0 radical (unpaired) electrons. The zero-order chi connectivity index (χ0) is 16.4. The van der Waals surface area contributed by atoms with Gasteiger partial charge >= 0.3 is 0 Å². The number of hydrogen-bond donors (Lipinski definition) is 1. The van der Waals surface area contributed by atoms with Crippen LogP contribution >= 0.6 is 0 Å². The molecule has 0 unspecified atom stereocenters. The molecule has 1 aliphatic carbocycles. The third-order valence-corrected chi connectivity index (χ3v) is 4.64. The van der Waals surface area contributed by atoms with Crippen LogP contribution in [0.2, 0.25) is 0 Å². The van der Waals surface area contributed by atoms with Gasteiger partial charge in [0.15, 0.2) is 5.82 Å². The first-order chi connectivity index (χ1) is 11.8. The Balaban J connectivity index is 1.27. The molecule has 0 aromatic carbocycles. The van der Waals surface area contributed by atoms with E-state index in [2.05, 4.69) is 31.4 Å². The van der Waals surface area contributed by atoms with Crippen LogP contribution in [0, 0.1) is 17.2 Å². The van der Waals surface area contributed by atoms with Gasteiger partial charge in [0.1, 0.15) is 11.9 Å². The average molecular weight is 324 g/mol. The molecule has 3 heterocycles. The number of nitrogens with zero attached hydrogens (tertiary/aromatic N) is 5. The normalized spacial score (nSPS) is 20.9. The van der Waals surface area contributed by atoms with Crippen LogP contribution in [0.25, 0.3) is 0 Å². The van der Waals surface area contributed by atoms with Gasteiger partial charge in [-0.2, -0.15) is 10.2 Å². The smallest absolute Gasteiger partial charge is 0.240 e. The number of hydrogen-bond acceptors (Lipinski definition) is 7.